The molecule has 1 aromatic heterocycles. The Morgan fingerprint density at radius 3 is 2.66 bits per heavy atom. The van der Waals surface area contributed by atoms with Gasteiger partial charge in [-0.05, 0) is 47.2 Å². The Morgan fingerprint density at radius 1 is 1.19 bits per heavy atom. The maximum Gasteiger partial charge on any atom is 0.281 e. The number of aliphatic hydroxyl groups excluding tert-OH is 1. The van der Waals surface area contributed by atoms with E-state index in [1.165, 1.54) is 0 Å². The summed E-state index contributed by atoms with van der Waals surface area (Å²) < 4.78 is 59.8. The summed E-state index contributed by atoms with van der Waals surface area (Å²) in [5.74, 6) is -4.20. The number of nitrogens with zero attached hydrogens (tertiary/aromatic N) is 3. The van der Waals surface area contributed by atoms with Gasteiger partial charge in [0.1, 0.15) is 23.9 Å². The summed E-state index contributed by atoms with van der Waals surface area (Å²) in [6, 6.07) is 7.39. The molecule has 1 heterocycles. The normalized spacial score (nSPS) is 23.5. The van der Waals surface area contributed by atoms with Crippen molar-refractivity contribution in [2.75, 3.05) is 0 Å². The Kier molecular flexibility index (Phi) is 4.64. The van der Waals surface area contributed by atoms with Gasteiger partial charge in [-0.2, -0.15) is 5.26 Å². The molecule has 3 aromatic rings. The molecule has 1 N–H and O–H groups in total. The molecule has 5 rings (SSSR count). The third kappa shape index (κ3) is 2.95. The van der Waals surface area contributed by atoms with Crippen molar-refractivity contribution in [1.82, 2.24) is 9.55 Å². The van der Waals surface area contributed by atoms with Crippen molar-refractivity contribution < 1.29 is 22.7 Å². The highest BCUT2D eigenvalue weighted by atomic mass is 19.3. The van der Waals surface area contributed by atoms with E-state index in [1.807, 2.05) is 6.07 Å². The smallest absolute Gasteiger partial charge is 0.281 e. The number of imidazole rings is 1. The Labute approximate surface area is 181 Å². The molecule has 164 valence electrons. The first kappa shape index (κ1) is 20.7. The number of aromatic nitrogens is 2. The number of rotatable bonds is 2. The van der Waals surface area contributed by atoms with Crippen molar-refractivity contribution in [3.63, 3.8) is 0 Å². The molecule has 2 aliphatic rings. The maximum absolute atomic E-state index is 14.7. The number of halogens is 4. The quantitative estimate of drug-likeness (QED) is 0.552. The first-order chi connectivity index (χ1) is 15.2. The lowest BCUT2D eigenvalue weighted by atomic mass is 9.74. The lowest BCUT2D eigenvalue weighted by Gasteiger charge is -2.31. The Bertz CT molecular complexity index is 1280. The topological polar surface area (TPSA) is 61.8 Å². The van der Waals surface area contributed by atoms with E-state index in [9.17, 15) is 27.9 Å². The van der Waals surface area contributed by atoms with Crippen molar-refractivity contribution in [3.05, 3.63) is 75.9 Å². The third-order valence-electron chi connectivity index (χ3n) is 6.61. The molecular weight excluding hydrogens is 422 g/mol. The third-order valence-corrected chi connectivity index (χ3v) is 6.61. The van der Waals surface area contributed by atoms with Gasteiger partial charge in [-0.25, -0.2) is 22.5 Å². The second kappa shape index (κ2) is 7.17. The number of aliphatic hydroxyl groups is 1. The molecule has 0 saturated heterocycles. The number of aryl methyl sites for hydroxylation is 1. The standard InChI is InChI=1S/C24H19F4N3O/c1-31-7-6-30-23(31)16-3-2-14(18-10-24(27,28)22(32)21(16)18)15-4-5-19(26)17-9-13(25)8-12(11-29)20(15)17/h2-3,6-9,15,19,22,32H,4-5,10H2,1H3/t15?,19?,22-/m0/s1. The predicted molar refractivity (Wildman–Crippen MR) is 108 cm³/mol. The lowest BCUT2D eigenvalue weighted by molar-refractivity contribution is -0.0966. The minimum absolute atomic E-state index is 0.000386. The van der Waals surface area contributed by atoms with Crippen LogP contribution in [0, 0.1) is 17.1 Å². The van der Waals surface area contributed by atoms with Gasteiger partial charge in [0.15, 0.2) is 0 Å². The zero-order chi connectivity index (χ0) is 22.8. The van der Waals surface area contributed by atoms with Crippen LogP contribution in [0.25, 0.3) is 11.4 Å². The van der Waals surface area contributed by atoms with E-state index in [4.69, 9.17) is 0 Å². The number of benzene rings is 2. The maximum atomic E-state index is 14.7. The number of nitriles is 1. The van der Waals surface area contributed by atoms with Crippen molar-refractivity contribution >= 4 is 0 Å². The molecule has 0 bridgehead atoms. The second-order valence-corrected chi connectivity index (χ2v) is 8.46. The van der Waals surface area contributed by atoms with E-state index in [2.05, 4.69) is 4.98 Å². The SMILES string of the molecule is Cn1ccnc1-c1ccc(C2CCC(F)c3cc(F)cc(C#N)c32)c2c1[C@H](O)C(F)(F)C2. The van der Waals surface area contributed by atoms with E-state index >= 15 is 0 Å². The van der Waals surface area contributed by atoms with Crippen molar-refractivity contribution in [3.8, 4) is 17.5 Å². The number of hydrogen-bond donors (Lipinski definition) is 1. The molecule has 2 unspecified atom stereocenters. The van der Waals surface area contributed by atoms with Gasteiger partial charge in [-0.1, -0.05) is 12.1 Å². The Hall–Kier alpha value is -3.18. The zero-order valence-corrected chi connectivity index (χ0v) is 17.1. The molecule has 0 radical (unpaired) electrons. The summed E-state index contributed by atoms with van der Waals surface area (Å²) in [5, 5.41) is 20.1. The van der Waals surface area contributed by atoms with Gasteiger partial charge >= 0.3 is 0 Å². The van der Waals surface area contributed by atoms with Gasteiger partial charge in [-0.3, -0.25) is 0 Å². The van der Waals surface area contributed by atoms with E-state index in [-0.39, 0.29) is 35.1 Å². The second-order valence-electron chi connectivity index (χ2n) is 8.46. The fraction of sp³-hybridized carbons (Fsp3) is 0.333. The summed E-state index contributed by atoms with van der Waals surface area (Å²) in [7, 11) is 1.73. The van der Waals surface area contributed by atoms with Crippen LogP contribution in [0.3, 0.4) is 0 Å². The highest BCUT2D eigenvalue weighted by Gasteiger charge is 2.50. The van der Waals surface area contributed by atoms with Crippen LogP contribution in [0.4, 0.5) is 17.6 Å². The molecule has 8 heteroatoms. The van der Waals surface area contributed by atoms with E-state index < -0.39 is 36.4 Å². The lowest BCUT2D eigenvalue weighted by Crippen LogP contribution is -2.22. The molecule has 32 heavy (non-hydrogen) atoms. The van der Waals surface area contributed by atoms with Crippen LogP contribution in [0.15, 0.2) is 36.7 Å². The summed E-state index contributed by atoms with van der Waals surface area (Å²) >= 11 is 0. The fourth-order valence-corrected chi connectivity index (χ4v) is 5.18. The molecule has 0 aliphatic heterocycles. The van der Waals surface area contributed by atoms with Crippen LogP contribution in [0.1, 0.15) is 64.4 Å². The van der Waals surface area contributed by atoms with Gasteiger partial charge in [0.05, 0.1) is 11.6 Å². The average molecular weight is 441 g/mol. The number of fused-ring (bicyclic) bond motifs is 2. The molecule has 2 aliphatic carbocycles. The van der Waals surface area contributed by atoms with Gasteiger partial charge in [0, 0.05) is 42.9 Å². The fourth-order valence-electron chi connectivity index (χ4n) is 5.18. The number of hydrogen-bond acceptors (Lipinski definition) is 3. The van der Waals surface area contributed by atoms with E-state index in [0.717, 1.165) is 12.1 Å². The van der Waals surface area contributed by atoms with E-state index in [1.54, 1.807) is 36.1 Å². The molecular formula is C24H19F4N3O. The van der Waals surface area contributed by atoms with Crippen LogP contribution < -0.4 is 0 Å². The zero-order valence-electron chi connectivity index (χ0n) is 17.1. The molecule has 0 spiro atoms. The Morgan fingerprint density at radius 2 is 1.97 bits per heavy atom. The van der Waals surface area contributed by atoms with Gasteiger partial charge in [-0.15, -0.1) is 0 Å². The largest absolute Gasteiger partial charge is 0.382 e. The first-order valence-electron chi connectivity index (χ1n) is 10.3. The van der Waals surface area contributed by atoms with Gasteiger partial charge in [0.25, 0.3) is 5.92 Å². The minimum Gasteiger partial charge on any atom is -0.382 e. The summed E-state index contributed by atoms with van der Waals surface area (Å²) in [6.07, 6.45) is -0.528. The van der Waals surface area contributed by atoms with Crippen LogP contribution in [0.5, 0.6) is 0 Å². The van der Waals surface area contributed by atoms with Crippen molar-refractivity contribution in [2.45, 2.75) is 43.4 Å². The predicted octanol–water partition coefficient (Wildman–Crippen LogP) is 5.26. The molecule has 0 saturated carbocycles. The van der Waals surface area contributed by atoms with E-state index in [0.29, 0.717) is 22.5 Å². The highest BCUT2D eigenvalue weighted by Crippen LogP contribution is 2.52. The van der Waals surface area contributed by atoms with Crippen molar-refractivity contribution in [1.29, 1.82) is 5.26 Å². The Balaban J connectivity index is 1.75. The van der Waals surface area contributed by atoms with Crippen LogP contribution >= 0.6 is 0 Å². The number of alkyl halides is 3. The van der Waals surface area contributed by atoms with Crippen molar-refractivity contribution in [2.24, 2.45) is 7.05 Å². The molecule has 0 fully saturated rings. The van der Waals surface area contributed by atoms with Crippen LogP contribution in [-0.4, -0.2) is 20.6 Å². The monoisotopic (exact) mass is 441 g/mol. The van der Waals surface area contributed by atoms with Gasteiger partial charge < -0.3 is 9.67 Å². The molecule has 4 nitrogen and oxygen atoms in total. The molecule has 3 atom stereocenters. The van der Waals surface area contributed by atoms with Gasteiger partial charge in [0.2, 0.25) is 0 Å². The summed E-state index contributed by atoms with van der Waals surface area (Å²) in [4.78, 5) is 4.24. The minimum atomic E-state index is -3.38. The highest BCUT2D eigenvalue weighted by molar-refractivity contribution is 5.68. The summed E-state index contributed by atoms with van der Waals surface area (Å²) in [6.45, 7) is 0. The summed E-state index contributed by atoms with van der Waals surface area (Å²) in [5.41, 5.74) is 1.72. The average Bonchev–Trinajstić information content (AvgIpc) is 3.28. The first-order valence-corrected chi connectivity index (χ1v) is 10.3. The molecule has 0 amide bonds. The van der Waals surface area contributed by atoms with Crippen LogP contribution in [-0.2, 0) is 13.5 Å². The van der Waals surface area contributed by atoms with Crippen LogP contribution in [0.2, 0.25) is 0 Å². The molecule has 2 aromatic carbocycles.